The van der Waals surface area contributed by atoms with Crippen molar-refractivity contribution in [3.05, 3.63) is 17.5 Å². The number of carboxylic acid groups (broad SMARTS) is 1. The molecule has 0 radical (unpaired) electrons. The molecule has 1 aromatic heterocycles. The molecule has 0 fully saturated rings. The summed E-state index contributed by atoms with van der Waals surface area (Å²) in [5.74, 6) is -1.69. The molecule has 0 spiro atoms. The largest absolute Gasteiger partial charge is 0.478 e. The molecule has 16 heavy (non-hydrogen) atoms. The van der Waals surface area contributed by atoms with Crippen LogP contribution in [0.3, 0.4) is 0 Å². The van der Waals surface area contributed by atoms with Crippen LogP contribution in [0.25, 0.3) is 0 Å². The SMILES string of the molecule is COC(=O)Cc1nc(SC)ncc1C(=O)O. The van der Waals surface area contributed by atoms with Crippen LogP contribution in [-0.4, -0.2) is 40.4 Å². The molecule has 1 aromatic rings. The van der Waals surface area contributed by atoms with Gasteiger partial charge in [0.15, 0.2) is 5.16 Å². The quantitative estimate of drug-likeness (QED) is 0.470. The van der Waals surface area contributed by atoms with Gasteiger partial charge < -0.3 is 9.84 Å². The van der Waals surface area contributed by atoms with Gasteiger partial charge in [-0.1, -0.05) is 11.8 Å². The summed E-state index contributed by atoms with van der Waals surface area (Å²) in [6.45, 7) is 0. The minimum atomic E-state index is -1.16. The Bertz CT molecular complexity index is 422. The number of nitrogens with zero attached hydrogens (tertiary/aromatic N) is 2. The molecule has 7 heteroatoms. The number of ether oxygens (including phenoxy) is 1. The molecule has 0 saturated carbocycles. The Morgan fingerprint density at radius 3 is 2.75 bits per heavy atom. The fourth-order valence-corrected chi connectivity index (χ4v) is 1.38. The van der Waals surface area contributed by atoms with E-state index in [4.69, 9.17) is 5.11 Å². The lowest BCUT2D eigenvalue weighted by Crippen LogP contribution is -2.13. The van der Waals surface area contributed by atoms with Crippen LogP contribution in [0, 0.1) is 0 Å². The molecule has 1 rings (SSSR count). The first-order valence-electron chi connectivity index (χ1n) is 4.28. The predicted octanol–water partition coefficient (Wildman–Crippen LogP) is 0.612. The van der Waals surface area contributed by atoms with Gasteiger partial charge in [-0.15, -0.1) is 0 Å². The minimum absolute atomic E-state index is 0.0804. The molecule has 0 aliphatic rings. The lowest BCUT2D eigenvalue weighted by Gasteiger charge is -2.04. The van der Waals surface area contributed by atoms with Crippen molar-refractivity contribution in [3.8, 4) is 0 Å². The molecule has 0 bridgehead atoms. The lowest BCUT2D eigenvalue weighted by molar-refractivity contribution is -0.139. The second-order valence-electron chi connectivity index (χ2n) is 2.78. The topological polar surface area (TPSA) is 89.4 Å². The molecule has 0 aromatic carbocycles. The van der Waals surface area contributed by atoms with Gasteiger partial charge in [0.05, 0.1) is 24.8 Å². The van der Waals surface area contributed by atoms with Gasteiger partial charge in [0.1, 0.15) is 0 Å². The highest BCUT2D eigenvalue weighted by Crippen LogP contribution is 2.13. The van der Waals surface area contributed by atoms with E-state index in [1.54, 1.807) is 6.26 Å². The Hall–Kier alpha value is -1.63. The van der Waals surface area contributed by atoms with E-state index in [1.165, 1.54) is 25.1 Å². The first-order valence-corrected chi connectivity index (χ1v) is 5.51. The number of esters is 1. The molecule has 86 valence electrons. The molecule has 0 saturated heterocycles. The average Bonchev–Trinajstić information content (AvgIpc) is 2.28. The van der Waals surface area contributed by atoms with E-state index in [9.17, 15) is 9.59 Å². The number of hydrogen-bond acceptors (Lipinski definition) is 6. The highest BCUT2D eigenvalue weighted by atomic mass is 32.2. The van der Waals surface area contributed by atoms with Crippen molar-refractivity contribution >= 4 is 23.7 Å². The minimum Gasteiger partial charge on any atom is -0.478 e. The van der Waals surface area contributed by atoms with Gasteiger partial charge in [0, 0.05) is 6.20 Å². The molecule has 0 atom stereocenters. The molecule has 0 amide bonds. The molecule has 1 heterocycles. The molecule has 0 aliphatic heterocycles. The van der Waals surface area contributed by atoms with Crippen molar-refractivity contribution in [2.45, 2.75) is 11.6 Å². The van der Waals surface area contributed by atoms with E-state index >= 15 is 0 Å². The Labute approximate surface area is 96.0 Å². The maximum Gasteiger partial charge on any atom is 0.339 e. The van der Waals surface area contributed by atoms with Crippen LogP contribution in [0.5, 0.6) is 0 Å². The number of aromatic carboxylic acids is 1. The highest BCUT2D eigenvalue weighted by molar-refractivity contribution is 7.98. The Balaban J connectivity index is 3.10. The van der Waals surface area contributed by atoms with Crippen molar-refractivity contribution in [1.29, 1.82) is 0 Å². The van der Waals surface area contributed by atoms with Crippen LogP contribution < -0.4 is 0 Å². The maximum atomic E-state index is 11.1. The summed E-state index contributed by atoms with van der Waals surface area (Å²) in [5, 5.41) is 9.30. The van der Waals surface area contributed by atoms with Gasteiger partial charge in [-0.05, 0) is 6.26 Å². The highest BCUT2D eigenvalue weighted by Gasteiger charge is 2.16. The Morgan fingerprint density at radius 1 is 1.56 bits per heavy atom. The monoisotopic (exact) mass is 242 g/mol. The predicted molar refractivity (Wildman–Crippen MR) is 56.5 cm³/mol. The summed E-state index contributed by atoms with van der Waals surface area (Å²) in [5.41, 5.74) is 0.0851. The number of carbonyl (C=O) groups excluding carboxylic acids is 1. The summed E-state index contributed by atoms with van der Waals surface area (Å²) in [7, 11) is 1.24. The number of rotatable bonds is 4. The summed E-state index contributed by atoms with van der Waals surface area (Å²) in [4.78, 5) is 29.7. The van der Waals surface area contributed by atoms with Crippen LogP contribution >= 0.6 is 11.8 Å². The van der Waals surface area contributed by atoms with E-state index in [2.05, 4.69) is 14.7 Å². The van der Waals surface area contributed by atoms with Crippen molar-refractivity contribution in [1.82, 2.24) is 9.97 Å². The lowest BCUT2D eigenvalue weighted by atomic mass is 10.2. The zero-order valence-corrected chi connectivity index (χ0v) is 9.58. The van der Waals surface area contributed by atoms with Crippen molar-refractivity contribution < 1.29 is 19.4 Å². The van der Waals surface area contributed by atoms with Crippen LogP contribution in [0.15, 0.2) is 11.4 Å². The average molecular weight is 242 g/mol. The first kappa shape index (κ1) is 12.4. The first-order chi connectivity index (χ1) is 7.58. The van der Waals surface area contributed by atoms with Gasteiger partial charge in [0.2, 0.25) is 0 Å². The zero-order valence-electron chi connectivity index (χ0n) is 8.76. The number of thioether (sulfide) groups is 1. The standard InChI is InChI=1S/C9H10N2O4S/c1-15-7(12)3-6-5(8(13)14)4-10-9(11-6)16-2/h4H,3H2,1-2H3,(H,13,14). The number of carbonyl (C=O) groups is 2. The maximum absolute atomic E-state index is 11.1. The van der Waals surface area contributed by atoms with Crippen molar-refractivity contribution in [3.63, 3.8) is 0 Å². The third kappa shape index (κ3) is 2.93. The van der Waals surface area contributed by atoms with E-state index in [-0.39, 0.29) is 17.7 Å². The second-order valence-corrected chi connectivity index (χ2v) is 3.55. The third-order valence-corrected chi connectivity index (χ3v) is 2.36. The molecule has 1 N–H and O–H groups in total. The fourth-order valence-electron chi connectivity index (χ4n) is 1.02. The van der Waals surface area contributed by atoms with E-state index in [0.717, 1.165) is 0 Å². The fraction of sp³-hybridized carbons (Fsp3) is 0.333. The second kappa shape index (κ2) is 5.45. The van der Waals surface area contributed by atoms with E-state index in [1.807, 2.05) is 0 Å². The van der Waals surface area contributed by atoms with Gasteiger partial charge in [0.25, 0.3) is 0 Å². The van der Waals surface area contributed by atoms with Gasteiger partial charge in [-0.2, -0.15) is 0 Å². The molecular weight excluding hydrogens is 232 g/mol. The molecule has 0 aliphatic carbocycles. The van der Waals surface area contributed by atoms with E-state index in [0.29, 0.717) is 5.16 Å². The Kier molecular flexibility index (Phi) is 4.24. The number of hydrogen-bond donors (Lipinski definition) is 1. The normalized spacial score (nSPS) is 9.88. The number of methoxy groups -OCH3 is 1. The van der Waals surface area contributed by atoms with Crippen LogP contribution in [0.2, 0.25) is 0 Å². The van der Waals surface area contributed by atoms with E-state index < -0.39 is 11.9 Å². The van der Waals surface area contributed by atoms with Crippen LogP contribution in [0.4, 0.5) is 0 Å². The third-order valence-electron chi connectivity index (χ3n) is 1.80. The molecule has 6 nitrogen and oxygen atoms in total. The zero-order chi connectivity index (χ0) is 12.1. The number of carboxylic acids is 1. The van der Waals surface area contributed by atoms with Crippen molar-refractivity contribution in [2.75, 3.05) is 13.4 Å². The van der Waals surface area contributed by atoms with Gasteiger partial charge >= 0.3 is 11.9 Å². The molecular formula is C9H10N2O4S. The number of aromatic nitrogens is 2. The van der Waals surface area contributed by atoms with Crippen LogP contribution in [-0.2, 0) is 16.0 Å². The van der Waals surface area contributed by atoms with Gasteiger partial charge in [-0.25, -0.2) is 14.8 Å². The summed E-state index contributed by atoms with van der Waals surface area (Å²) in [6, 6.07) is 0. The summed E-state index contributed by atoms with van der Waals surface area (Å²) in [6.07, 6.45) is 2.78. The smallest absolute Gasteiger partial charge is 0.339 e. The summed E-state index contributed by atoms with van der Waals surface area (Å²) >= 11 is 1.27. The van der Waals surface area contributed by atoms with Crippen molar-refractivity contribution in [2.24, 2.45) is 0 Å². The molecule has 0 unspecified atom stereocenters. The Morgan fingerprint density at radius 2 is 2.25 bits per heavy atom. The summed E-state index contributed by atoms with van der Waals surface area (Å²) < 4.78 is 4.46. The van der Waals surface area contributed by atoms with Crippen LogP contribution in [0.1, 0.15) is 16.1 Å². The van der Waals surface area contributed by atoms with Gasteiger partial charge in [-0.3, -0.25) is 4.79 Å².